The van der Waals surface area contributed by atoms with Crippen molar-refractivity contribution in [2.45, 2.75) is 4.83 Å². The summed E-state index contributed by atoms with van der Waals surface area (Å²) in [7, 11) is 0. The van der Waals surface area contributed by atoms with Gasteiger partial charge >= 0.3 is 0 Å². The third kappa shape index (κ3) is 3.23. The van der Waals surface area contributed by atoms with Gasteiger partial charge in [0.05, 0.1) is 16.9 Å². The summed E-state index contributed by atoms with van der Waals surface area (Å²) < 4.78 is 6.76. The number of carbonyl (C=O) groups is 1. The van der Waals surface area contributed by atoms with E-state index in [-0.39, 0.29) is 10.7 Å². The molecule has 1 atom stereocenters. The second kappa shape index (κ2) is 6.36. The average molecular weight is 458 g/mol. The number of carbonyl (C=O) groups excluding carboxylic acids is 1. The lowest BCUT2D eigenvalue weighted by atomic mass is 10.0. The van der Waals surface area contributed by atoms with Crippen molar-refractivity contribution < 1.29 is 9.53 Å². The molecule has 3 nitrogen and oxygen atoms in total. The van der Waals surface area contributed by atoms with Crippen LogP contribution in [0.2, 0.25) is 0 Å². The van der Waals surface area contributed by atoms with E-state index < -0.39 is 0 Å². The minimum Gasteiger partial charge on any atom is -0.491 e. The molecule has 0 spiro atoms. The minimum atomic E-state index is -0.0771. The predicted octanol–water partition coefficient (Wildman–Crippen LogP) is 3.90. The van der Waals surface area contributed by atoms with Crippen molar-refractivity contribution in [3.63, 3.8) is 0 Å². The lowest BCUT2D eigenvalue weighted by molar-refractivity contribution is 0.0957. The zero-order valence-electron chi connectivity index (χ0n) is 11.1. The number of benzene rings is 2. The normalized spacial score (nSPS) is 15.4. The van der Waals surface area contributed by atoms with Crippen molar-refractivity contribution in [2.75, 3.05) is 13.2 Å². The highest BCUT2D eigenvalue weighted by Crippen LogP contribution is 2.34. The zero-order chi connectivity index (χ0) is 14.8. The fraction of sp³-hybridized carbons (Fsp3) is 0.188. The molecule has 1 heterocycles. The van der Waals surface area contributed by atoms with Gasteiger partial charge in [0.15, 0.2) is 0 Å². The van der Waals surface area contributed by atoms with Crippen molar-refractivity contribution in [3.05, 3.63) is 62.7 Å². The number of hydrogen-bond acceptors (Lipinski definition) is 2. The highest BCUT2D eigenvalue weighted by atomic mass is 127. The van der Waals surface area contributed by atoms with Gasteiger partial charge in [-0.05, 0) is 58.0 Å². The van der Waals surface area contributed by atoms with E-state index in [0.717, 1.165) is 11.1 Å². The maximum absolute atomic E-state index is 12.1. The first-order chi connectivity index (χ1) is 10.1. The fourth-order valence-electron chi connectivity index (χ4n) is 2.29. The maximum Gasteiger partial charge on any atom is 0.255 e. The van der Waals surface area contributed by atoms with Crippen LogP contribution in [0, 0.1) is 3.57 Å². The average Bonchev–Trinajstić information content (AvgIpc) is 2.68. The number of halogens is 2. The van der Waals surface area contributed by atoms with Crippen molar-refractivity contribution in [1.82, 2.24) is 5.32 Å². The Morgan fingerprint density at radius 3 is 2.81 bits per heavy atom. The molecule has 21 heavy (non-hydrogen) atoms. The van der Waals surface area contributed by atoms with Crippen LogP contribution in [0.15, 0.2) is 42.5 Å². The molecule has 1 amide bonds. The largest absolute Gasteiger partial charge is 0.491 e. The zero-order valence-corrected chi connectivity index (χ0v) is 14.8. The van der Waals surface area contributed by atoms with Gasteiger partial charge in [0, 0.05) is 3.57 Å². The van der Waals surface area contributed by atoms with E-state index >= 15 is 0 Å². The Morgan fingerprint density at radius 1 is 1.19 bits per heavy atom. The van der Waals surface area contributed by atoms with Crippen LogP contribution in [-0.4, -0.2) is 19.1 Å². The molecule has 1 aliphatic heterocycles. The summed E-state index contributed by atoms with van der Waals surface area (Å²) in [4.78, 5) is 12.1. The molecule has 0 saturated heterocycles. The standard InChI is InChI=1S/C16H13BrINO2/c17-15(10-2-1-3-12(18)8-10)11-4-5-14-13(9-11)16(20)19-6-7-21-14/h1-5,8-9,15H,6-7H2,(H,19,20). The second-order valence-corrected chi connectivity index (χ2v) is 6.94. The van der Waals surface area contributed by atoms with Gasteiger partial charge in [-0.25, -0.2) is 0 Å². The van der Waals surface area contributed by atoms with Crippen LogP contribution in [-0.2, 0) is 0 Å². The lowest BCUT2D eigenvalue weighted by Gasteiger charge is -2.14. The van der Waals surface area contributed by atoms with Gasteiger partial charge < -0.3 is 10.1 Å². The molecular weight excluding hydrogens is 445 g/mol. The van der Waals surface area contributed by atoms with Crippen LogP contribution in [0.3, 0.4) is 0 Å². The Balaban J connectivity index is 1.98. The molecule has 5 heteroatoms. The second-order valence-electron chi connectivity index (χ2n) is 4.78. The van der Waals surface area contributed by atoms with Crippen LogP contribution >= 0.6 is 38.5 Å². The number of fused-ring (bicyclic) bond motifs is 1. The number of hydrogen-bond donors (Lipinski definition) is 1. The van der Waals surface area contributed by atoms with Gasteiger partial charge in [0.25, 0.3) is 5.91 Å². The molecule has 108 valence electrons. The molecule has 0 saturated carbocycles. The van der Waals surface area contributed by atoms with Crippen molar-refractivity contribution in [2.24, 2.45) is 0 Å². The first-order valence-corrected chi connectivity index (χ1v) is 8.59. The quantitative estimate of drug-likeness (QED) is 0.548. The van der Waals surface area contributed by atoms with E-state index in [9.17, 15) is 4.79 Å². The predicted molar refractivity (Wildman–Crippen MR) is 94.2 cm³/mol. The molecule has 1 unspecified atom stereocenters. The smallest absolute Gasteiger partial charge is 0.255 e. The van der Waals surface area contributed by atoms with E-state index in [4.69, 9.17) is 4.74 Å². The first-order valence-electron chi connectivity index (χ1n) is 6.59. The monoisotopic (exact) mass is 457 g/mol. The van der Waals surface area contributed by atoms with Gasteiger partial charge in [0.2, 0.25) is 0 Å². The Kier molecular flexibility index (Phi) is 4.49. The van der Waals surface area contributed by atoms with Gasteiger partial charge in [-0.1, -0.05) is 34.1 Å². The van der Waals surface area contributed by atoms with Crippen LogP contribution in [0.4, 0.5) is 0 Å². The van der Waals surface area contributed by atoms with E-state index in [1.165, 1.54) is 3.57 Å². The molecule has 1 aliphatic rings. The van der Waals surface area contributed by atoms with Gasteiger partial charge in [-0.15, -0.1) is 0 Å². The molecule has 2 aromatic rings. The molecule has 0 fully saturated rings. The molecule has 0 aromatic heterocycles. The molecule has 0 bridgehead atoms. The van der Waals surface area contributed by atoms with Crippen molar-refractivity contribution in [3.8, 4) is 5.75 Å². The maximum atomic E-state index is 12.1. The van der Waals surface area contributed by atoms with Gasteiger partial charge in [-0.3, -0.25) is 4.79 Å². The van der Waals surface area contributed by atoms with Crippen LogP contribution < -0.4 is 10.1 Å². The van der Waals surface area contributed by atoms with E-state index in [0.29, 0.717) is 24.5 Å². The lowest BCUT2D eigenvalue weighted by Crippen LogP contribution is -2.24. The summed E-state index contributed by atoms with van der Waals surface area (Å²) in [5.74, 6) is 0.572. The summed E-state index contributed by atoms with van der Waals surface area (Å²) in [6.07, 6.45) is 0. The van der Waals surface area contributed by atoms with Gasteiger partial charge in [-0.2, -0.15) is 0 Å². The Bertz CT molecular complexity index is 690. The molecule has 0 radical (unpaired) electrons. The fourth-order valence-corrected chi connectivity index (χ4v) is 3.42. The van der Waals surface area contributed by atoms with Crippen LogP contribution in [0.5, 0.6) is 5.75 Å². The minimum absolute atomic E-state index is 0.0496. The van der Waals surface area contributed by atoms with E-state index in [1.54, 1.807) is 0 Å². The number of amides is 1. The van der Waals surface area contributed by atoms with Crippen LogP contribution in [0.25, 0.3) is 0 Å². The van der Waals surface area contributed by atoms with Gasteiger partial charge in [0.1, 0.15) is 12.4 Å². The summed E-state index contributed by atoms with van der Waals surface area (Å²) in [6.45, 7) is 1.05. The molecule has 0 aliphatic carbocycles. The van der Waals surface area contributed by atoms with Crippen LogP contribution in [0.1, 0.15) is 26.3 Å². The number of rotatable bonds is 2. The summed E-state index contributed by atoms with van der Waals surface area (Å²) in [6, 6.07) is 14.1. The molecular formula is C16H13BrINO2. The summed E-state index contributed by atoms with van der Waals surface area (Å²) in [5, 5.41) is 2.84. The third-order valence-electron chi connectivity index (χ3n) is 3.33. The topological polar surface area (TPSA) is 38.3 Å². The molecule has 2 aromatic carbocycles. The Hall–Kier alpha value is -1.08. The van der Waals surface area contributed by atoms with E-state index in [2.05, 4.69) is 62.0 Å². The highest BCUT2D eigenvalue weighted by molar-refractivity contribution is 14.1. The summed E-state index contributed by atoms with van der Waals surface area (Å²) in [5.41, 5.74) is 2.80. The SMILES string of the molecule is O=C1NCCOc2ccc(C(Br)c3cccc(I)c3)cc21. The first kappa shape index (κ1) is 14.8. The molecule has 1 N–H and O–H groups in total. The Morgan fingerprint density at radius 2 is 2.00 bits per heavy atom. The third-order valence-corrected chi connectivity index (χ3v) is 5.06. The summed E-state index contributed by atoms with van der Waals surface area (Å²) >= 11 is 6.02. The number of alkyl halides is 1. The Labute approximate surface area is 145 Å². The number of ether oxygens (including phenoxy) is 1. The van der Waals surface area contributed by atoms with Crippen molar-refractivity contribution in [1.29, 1.82) is 0 Å². The van der Waals surface area contributed by atoms with Crippen molar-refractivity contribution >= 4 is 44.4 Å². The highest BCUT2D eigenvalue weighted by Gasteiger charge is 2.19. The number of nitrogens with one attached hydrogen (secondary N) is 1. The van der Waals surface area contributed by atoms with E-state index in [1.807, 2.05) is 24.3 Å². The molecule has 3 rings (SSSR count).